The van der Waals surface area contributed by atoms with Crippen LogP contribution in [0.3, 0.4) is 0 Å². The summed E-state index contributed by atoms with van der Waals surface area (Å²) in [5.41, 5.74) is 5.65. The fraction of sp³-hybridized carbons (Fsp3) is 0.632. The maximum Gasteiger partial charge on any atom is 0.242 e. The summed E-state index contributed by atoms with van der Waals surface area (Å²) >= 11 is 0. The third-order valence-electron chi connectivity index (χ3n) is 5.24. The normalized spacial score (nSPS) is 20.3. The summed E-state index contributed by atoms with van der Waals surface area (Å²) in [7, 11) is 0. The Kier molecular flexibility index (Phi) is 9.84. The largest absolute Gasteiger partial charge is 0.491 e. The van der Waals surface area contributed by atoms with Crippen LogP contribution in [-0.2, 0) is 4.79 Å². The van der Waals surface area contributed by atoms with Gasteiger partial charge in [-0.1, -0.05) is 31.0 Å². The second-order valence-electron chi connectivity index (χ2n) is 7.23. The molecule has 1 saturated carbocycles. The molecule has 6 nitrogen and oxygen atoms in total. The molecule has 1 aromatic carbocycles. The molecule has 1 aromatic rings. The first kappa shape index (κ1) is 24.0. The van der Waals surface area contributed by atoms with E-state index in [1.807, 2.05) is 35.2 Å². The SMILES string of the molecule is Cl.Cl.NC1(C(=O)N2CCN(CC(O)COc3ccccc3)CC2)CCCC1. The minimum absolute atomic E-state index is 0. The van der Waals surface area contributed by atoms with Gasteiger partial charge in [0.05, 0.1) is 5.54 Å². The first-order valence-electron chi connectivity index (χ1n) is 9.23. The van der Waals surface area contributed by atoms with Crippen molar-refractivity contribution in [2.75, 3.05) is 39.3 Å². The van der Waals surface area contributed by atoms with E-state index in [4.69, 9.17) is 10.5 Å². The Morgan fingerprint density at radius 3 is 2.30 bits per heavy atom. The van der Waals surface area contributed by atoms with E-state index in [-0.39, 0.29) is 37.3 Å². The first-order chi connectivity index (χ1) is 12.1. The number of aliphatic hydroxyl groups is 1. The third kappa shape index (κ3) is 6.50. The number of nitrogens with two attached hydrogens (primary N) is 1. The lowest BCUT2D eigenvalue weighted by Gasteiger charge is -2.39. The van der Waals surface area contributed by atoms with E-state index in [9.17, 15) is 9.90 Å². The molecule has 1 aliphatic carbocycles. The predicted molar refractivity (Wildman–Crippen MR) is 111 cm³/mol. The Balaban J connectivity index is 0.00000182. The van der Waals surface area contributed by atoms with Gasteiger partial charge in [-0.3, -0.25) is 9.69 Å². The number of amides is 1. The average Bonchev–Trinajstić information content (AvgIpc) is 3.09. The van der Waals surface area contributed by atoms with Crippen molar-refractivity contribution in [2.45, 2.75) is 37.3 Å². The Bertz CT molecular complexity index is 563. The van der Waals surface area contributed by atoms with Crippen LogP contribution in [0.5, 0.6) is 5.75 Å². The molecule has 1 unspecified atom stereocenters. The first-order valence-corrected chi connectivity index (χ1v) is 9.23. The van der Waals surface area contributed by atoms with Crippen LogP contribution in [0.15, 0.2) is 30.3 Å². The van der Waals surface area contributed by atoms with Gasteiger partial charge in [0.1, 0.15) is 18.5 Å². The standard InChI is InChI=1S/C19H29N3O3.2ClH/c20-19(8-4-5-9-19)18(24)22-12-10-21(11-13-22)14-16(23)15-25-17-6-2-1-3-7-17;;/h1-3,6-7,16,23H,4-5,8-15,20H2;2*1H. The molecule has 0 radical (unpaired) electrons. The number of β-amino-alcohol motifs (C(OH)–C–C–N with tert-alkyl or cyclic N) is 1. The Labute approximate surface area is 173 Å². The van der Waals surface area contributed by atoms with Gasteiger partial charge < -0.3 is 20.5 Å². The van der Waals surface area contributed by atoms with Crippen molar-refractivity contribution < 1.29 is 14.6 Å². The number of para-hydroxylation sites is 1. The summed E-state index contributed by atoms with van der Waals surface area (Å²) in [6.07, 6.45) is 3.17. The summed E-state index contributed by atoms with van der Waals surface area (Å²) < 4.78 is 5.59. The minimum Gasteiger partial charge on any atom is -0.491 e. The number of rotatable bonds is 6. The highest BCUT2D eigenvalue weighted by molar-refractivity contribution is 5.86. The van der Waals surface area contributed by atoms with Gasteiger partial charge >= 0.3 is 0 Å². The Hall–Kier alpha value is -1.05. The highest BCUT2D eigenvalue weighted by Gasteiger charge is 2.40. The number of aliphatic hydroxyl groups excluding tert-OH is 1. The second kappa shape index (κ2) is 11.1. The van der Waals surface area contributed by atoms with Crippen LogP contribution >= 0.6 is 24.8 Å². The van der Waals surface area contributed by atoms with Crippen LogP contribution in [0, 0.1) is 0 Å². The highest BCUT2D eigenvalue weighted by Crippen LogP contribution is 2.29. The van der Waals surface area contributed by atoms with Gasteiger partial charge in [0, 0.05) is 32.7 Å². The maximum atomic E-state index is 12.6. The van der Waals surface area contributed by atoms with Gasteiger partial charge in [-0.2, -0.15) is 0 Å². The zero-order valence-electron chi connectivity index (χ0n) is 15.6. The van der Waals surface area contributed by atoms with Gasteiger partial charge in [-0.05, 0) is 25.0 Å². The minimum atomic E-state index is -0.634. The molecule has 2 aliphatic rings. The molecule has 0 aromatic heterocycles. The van der Waals surface area contributed by atoms with Crippen LogP contribution in [-0.4, -0.2) is 71.8 Å². The van der Waals surface area contributed by atoms with E-state index in [0.717, 1.165) is 44.5 Å². The van der Waals surface area contributed by atoms with Crippen LogP contribution in [0.4, 0.5) is 0 Å². The van der Waals surface area contributed by atoms with Gasteiger partial charge in [0.2, 0.25) is 5.91 Å². The predicted octanol–water partition coefficient (Wildman–Crippen LogP) is 1.69. The van der Waals surface area contributed by atoms with Crippen molar-refractivity contribution in [3.05, 3.63) is 30.3 Å². The zero-order valence-corrected chi connectivity index (χ0v) is 17.2. The molecule has 3 rings (SSSR count). The third-order valence-corrected chi connectivity index (χ3v) is 5.24. The van der Waals surface area contributed by atoms with Crippen molar-refractivity contribution in [3.8, 4) is 5.75 Å². The molecule has 1 saturated heterocycles. The van der Waals surface area contributed by atoms with Crippen LogP contribution < -0.4 is 10.5 Å². The van der Waals surface area contributed by atoms with Crippen molar-refractivity contribution in [3.63, 3.8) is 0 Å². The van der Waals surface area contributed by atoms with E-state index in [1.54, 1.807) is 0 Å². The summed E-state index contributed by atoms with van der Waals surface area (Å²) in [6.45, 7) is 3.74. The second-order valence-corrected chi connectivity index (χ2v) is 7.23. The molecule has 154 valence electrons. The van der Waals surface area contributed by atoms with Gasteiger partial charge in [0.25, 0.3) is 0 Å². The van der Waals surface area contributed by atoms with Gasteiger partial charge in [-0.15, -0.1) is 24.8 Å². The lowest BCUT2D eigenvalue weighted by atomic mass is 9.97. The Morgan fingerprint density at radius 2 is 1.70 bits per heavy atom. The van der Waals surface area contributed by atoms with Crippen LogP contribution in [0.2, 0.25) is 0 Å². The molecule has 0 bridgehead atoms. The fourth-order valence-corrected chi connectivity index (χ4v) is 3.73. The van der Waals surface area contributed by atoms with Crippen molar-refractivity contribution in [2.24, 2.45) is 5.73 Å². The van der Waals surface area contributed by atoms with Gasteiger partial charge in [0.15, 0.2) is 0 Å². The van der Waals surface area contributed by atoms with Crippen molar-refractivity contribution >= 4 is 30.7 Å². The number of hydrogen-bond donors (Lipinski definition) is 2. The summed E-state index contributed by atoms with van der Waals surface area (Å²) in [6, 6.07) is 9.51. The molecule has 1 aliphatic heterocycles. The lowest BCUT2D eigenvalue weighted by molar-refractivity contribution is -0.138. The monoisotopic (exact) mass is 419 g/mol. The fourth-order valence-electron chi connectivity index (χ4n) is 3.73. The quantitative estimate of drug-likeness (QED) is 0.732. The molecule has 27 heavy (non-hydrogen) atoms. The summed E-state index contributed by atoms with van der Waals surface area (Å²) in [4.78, 5) is 16.7. The molecule has 8 heteroatoms. The van der Waals surface area contributed by atoms with Crippen LogP contribution in [0.1, 0.15) is 25.7 Å². The van der Waals surface area contributed by atoms with E-state index < -0.39 is 11.6 Å². The van der Waals surface area contributed by atoms with Crippen LogP contribution in [0.25, 0.3) is 0 Å². The molecular formula is C19H31Cl2N3O3. The number of nitrogens with zero attached hydrogens (tertiary/aromatic N) is 2. The number of ether oxygens (including phenoxy) is 1. The summed E-state index contributed by atoms with van der Waals surface area (Å²) in [5, 5.41) is 10.2. The van der Waals surface area contributed by atoms with E-state index in [0.29, 0.717) is 19.6 Å². The molecule has 1 amide bonds. The average molecular weight is 420 g/mol. The van der Waals surface area contributed by atoms with Crippen molar-refractivity contribution in [1.29, 1.82) is 0 Å². The molecule has 2 fully saturated rings. The van der Waals surface area contributed by atoms with E-state index >= 15 is 0 Å². The molecule has 1 atom stereocenters. The highest BCUT2D eigenvalue weighted by atomic mass is 35.5. The Morgan fingerprint density at radius 1 is 1.11 bits per heavy atom. The van der Waals surface area contributed by atoms with Gasteiger partial charge in [-0.25, -0.2) is 0 Å². The maximum absolute atomic E-state index is 12.6. The number of benzene rings is 1. The topological polar surface area (TPSA) is 79.0 Å². The van der Waals surface area contributed by atoms with Crippen molar-refractivity contribution in [1.82, 2.24) is 9.80 Å². The smallest absolute Gasteiger partial charge is 0.242 e. The summed E-state index contributed by atoms with van der Waals surface area (Å²) in [5.74, 6) is 0.874. The molecule has 1 heterocycles. The number of carbonyl (C=O) groups is 1. The molecular weight excluding hydrogens is 389 g/mol. The number of halogens is 2. The van der Waals surface area contributed by atoms with E-state index in [2.05, 4.69) is 4.90 Å². The van der Waals surface area contributed by atoms with E-state index in [1.165, 1.54) is 0 Å². The lowest BCUT2D eigenvalue weighted by Crippen LogP contribution is -2.59. The molecule has 3 N–H and O–H groups in total. The number of piperazine rings is 1. The number of carbonyl (C=O) groups excluding carboxylic acids is 1. The zero-order chi connectivity index (χ0) is 17.7. The molecule has 0 spiro atoms. The number of hydrogen-bond acceptors (Lipinski definition) is 5.